The maximum atomic E-state index is 13.5. The number of rotatable bonds is 5. The quantitative estimate of drug-likeness (QED) is 0.250. The molecule has 2 heterocycles. The van der Waals surface area contributed by atoms with Crippen molar-refractivity contribution in [2.24, 2.45) is 17.5 Å². The summed E-state index contributed by atoms with van der Waals surface area (Å²) in [6.07, 6.45) is 3.30. The van der Waals surface area contributed by atoms with Gasteiger partial charge in [-0.25, -0.2) is 14.9 Å². The Labute approximate surface area is 214 Å². The highest BCUT2D eigenvalue weighted by Crippen LogP contribution is 2.69. The van der Waals surface area contributed by atoms with E-state index >= 15 is 0 Å². The molecule has 7 nitrogen and oxygen atoms in total. The molecule has 2 fully saturated rings. The van der Waals surface area contributed by atoms with E-state index in [9.17, 15) is 9.18 Å². The molecule has 0 bridgehead atoms. The van der Waals surface area contributed by atoms with Crippen molar-refractivity contribution in [1.29, 1.82) is 0 Å². The van der Waals surface area contributed by atoms with Gasteiger partial charge in [-0.3, -0.25) is 4.79 Å². The van der Waals surface area contributed by atoms with Gasteiger partial charge in [0.15, 0.2) is 0 Å². The van der Waals surface area contributed by atoms with Gasteiger partial charge in [-0.05, 0) is 65.9 Å². The number of carbonyl (C=O) groups is 1. The van der Waals surface area contributed by atoms with Crippen LogP contribution in [0.15, 0.2) is 84.8 Å². The van der Waals surface area contributed by atoms with Gasteiger partial charge in [-0.1, -0.05) is 30.3 Å². The first-order chi connectivity index (χ1) is 17.8. The van der Waals surface area contributed by atoms with Crippen LogP contribution >= 0.6 is 0 Å². The molecule has 0 radical (unpaired) electrons. The minimum absolute atomic E-state index is 0.130. The fourth-order valence-electron chi connectivity index (χ4n) is 6.34. The second kappa shape index (κ2) is 8.45. The van der Waals surface area contributed by atoms with E-state index in [4.69, 9.17) is 11.6 Å². The molecule has 1 aliphatic carbocycles. The van der Waals surface area contributed by atoms with E-state index in [1.165, 1.54) is 34.5 Å². The van der Waals surface area contributed by atoms with Gasteiger partial charge in [-0.15, -0.1) is 0 Å². The molecular formula is C29H29FN6O. The number of amides is 1. The second-order valence-corrected chi connectivity index (χ2v) is 10.2. The number of aromatic nitrogens is 2. The second-order valence-electron chi connectivity index (χ2n) is 10.2. The van der Waals surface area contributed by atoms with Gasteiger partial charge in [-0.2, -0.15) is 5.10 Å². The molecule has 1 saturated carbocycles. The van der Waals surface area contributed by atoms with Crippen molar-refractivity contribution in [2.75, 3.05) is 20.1 Å². The van der Waals surface area contributed by atoms with Crippen LogP contribution in [-0.2, 0) is 10.2 Å². The van der Waals surface area contributed by atoms with Crippen LogP contribution < -0.4 is 11.6 Å². The molecule has 4 aromatic rings. The molecule has 188 valence electrons. The van der Waals surface area contributed by atoms with Gasteiger partial charge in [0.25, 0.3) is 5.91 Å². The molecule has 3 atom stereocenters. The lowest BCUT2D eigenvalue weighted by atomic mass is 9.86. The first-order valence-electron chi connectivity index (χ1n) is 12.3. The van der Waals surface area contributed by atoms with Crippen LogP contribution in [0.3, 0.4) is 0 Å². The zero-order valence-corrected chi connectivity index (χ0v) is 20.8. The highest BCUT2D eigenvalue weighted by Gasteiger charge is 2.71. The van der Waals surface area contributed by atoms with Crippen LogP contribution in [0.5, 0.6) is 0 Å². The molecular weight excluding hydrogens is 467 g/mol. The first kappa shape index (κ1) is 23.2. The zero-order chi connectivity index (χ0) is 25.9. The largest absolute Gasteiger partial charge is 0.393 e. The summed E-state index contributed by atoms with van der Waals surface area (Å²) in [6.45, 7) is 3.33. The van der Waals surface area contributed by atoms with Crippen molar-refractivity contribution in [3.63, 3.8) is 0 Å². The summed E-state index contributed by atoms with van der Waals surface area (Å²) in [5.74, 6) is 5.80. The van der Waals surface area contributed by atoms with Crippen molar-refractivity contribution in [1.82, 2.24) is 19.7 Å². The lowest BCUT2D eigenvalue weighted by Gasteiger charge is -2.26. The van der Waals surface area contributed by atoms with Crippen LogP contribution in [0.1, 0.15) is 22.6 Å². The third-order valence-electron chi connectivity index (χ3n) is 7.90. The monoisotopic (exact) mass is 496 g/mol. The van der Waals surface area contributed by atoms with Gasteiger partial charge in [0.2, 0.25) is 0 Å². The normalized spacial score (nSPS) is 22.8. The molecule has 8 heteroatoms. The highest BCUT2D eigenvalue weighted by molar-refractivity contribution is 5.93. The first-order valence-corrected chi connectivity index (χ1v) is 12.3. The number of hydrogen-bond donors (Lipinski definition) is 2. The van der Waals surface area contributed by atoms with Crippen molar-refractivity contribution in [2.45, 2.75) is 18.3 Å². The number of aryl methyl sites for hydroxylation is 1. The number of likely N-dealkylation sites (tertiary alicyclic amines) is 1. The Morgan fingerprint density at radius 1 is 1.16 bits per heavy atom. The van der Waals surface area contributed by atoms with E-state index in [0.29, 0.717) is 19.0 Å². The summed E-state index contributed by atoms with van der Waals surface area (Å²) in [5, 5.41) is 6.90. The maximum absolute atomic E-state index is 13.5. The average Bonchev–Trinajstić information content (AvgIpc) is 3.15. The molecule has 1 aliphatic heterocycles. The number of fused-ring (bicyclic) bond motifs is 2. The molecule has 3 unspecified atom stereocenters. The van der Waals surface area contributed by atoms with E-state index in [-0.39, 0.29) is 28.8 Å². The van der Waals surface area contributed by atoms with Crippen molar-refractivity contribution in [3.8, 4) is 5.69 Å². The molecule has 3 aromatic carbocycles. The summed E-state index contributed by atoms with van der Waals surface area (Å²) in [4.78, 5) is 15.0. The molecule has 37 heavy (non-hydrogen) atoms. The summed E-state index contributed by atoms with van der Waals surface area (Å²) in [5.41, 5.74) is 11.4. The lowest BCUT2D eigenvalue weighted by molar-refractivity contribution is -0.126. The Bertz CT molecular complexity index is 1530. The Balaban J connectivity index is 1.42. The van der Waals surface area contributed by atoms with Crippen molar-refractivity contribution >= 4 is 16.8 Å². The molecule has 4 N–H and O–H groups in total. The number of piperidine rings is 1. The molecule has 1 aromatic heterocycles. The summed E-state index contributed by atoms with van der Waals surface area (Å²) in [7, 11) is 1.64. The van der Waals surface area contributed by atoms with E-state index in [0.717, 1.165) is 22.2 Å². The average molecular weight is 497 g/mol. The summed E-state index contributed by atoms with van der Waals surface area (Å²) < 4.78 is 15.3. The number of hydrogen-bond acceptors (Lipinski definition) is 5. The third kappa shape index (κ3) is 3.67. The maximum Gasteiger partial charge on any atom is 0.271 e. The fraction of sp³-hybridized carbons (Fsp3) is 0.241. The Kier molecular flexibility index (Phi) is 5.31. The minimum Gasteiger partial charge on any atom is -0.393 e. The van der Waals surface area contributed by atoms with Gasteiger partial charge >= 0.3 is 0 Å². The van der Waals surface area contributed by atoms with E-state index in [1.54, 1.807) is 19.2 Å². The summed E-state index contributed by atoms with van der Waals surface area (Å²) in [6, 6.07) is 21.2. The Hall–Kier alpha value is -4.17. The Morgan fingerprint density at radius 2 is 1.89 bits per heavy atom. The van der Waals surface area contributed by atoms with Gasteiger partial charge in [0.05, 0.1) is 17.4 Å². The number of benzene rings is 3. The van der Waals surface area contributed by atoms with Crippen molar-refractivity contribution < 1.29 is 9.18 Å². The SMILES string of the molecule is Cc1cc2c(cnn2-c2ccc(F)cc2)cc1C12CN(C(=O)/C(N)=C/N(C)N)CC1C2c1ccccc1. The molecule has 0 spiro atoms. The van der Waals surface area contributed by atoms with Gasteiger partial charge in [0, 0.05) is 43.1 Å². The standard InChI is InChI=1S/C29H29FN6O/c1-18-12-26-20(14-33-36(26)22-10-8-21(30)9-11-22)13-23(18)29-17-35(28(37)25(31)16-34(2)32)15-24(29)27(29)19-6-4-3-5-7-19/h3-14,16,24,27H,15,17,31-32H2,1-2H3/b25-16-. The third-order valence-corrected chi connectivity index (χ3v) is 7.90. The Morgan fingerprint density at radius 3 is 2.59 bits per heavy atom. The van der Waals surface area contributed by atoms with E-state index in [1.807, 2.05) is 21.8 Å². The molecule has 1 amide bonds. The van der Waals surface area contributed by atoms with Crippen LogP contribution in [-0.4, -0.2) is 45.7 Å². The number of nitrogens with zero attached hydrogens (tertiary/aromatic N) is 4. The van der Waals surface area contributed by atoms with Crippen LogP contribution in [0.4, 0.5) is 4.39 Å². The zero-order valence-electron chi connectivity index (χ0n) is 20.8. The number of halogens is 1. The molecule has 1 saturated heterocycles. The van der Waals surface area contributed by atoms with E-state index < -0.39 is 0 Å². The van der Waals surface area contributed by atoms with E-state index in [2.05, 4.69) is 48.4 Å². The highest BCUT2D eigenvalue weighted by atomic mass is 19.1. The number of carbonyl (C=O) groups excluding carboxylic acids is 1. The predicted molar refractivity (Wildman–Crippen MR) is 141 cm³/mol. The topological polar surface area (TPSA) is 93.4 Å². The van der Waals surface area contributed by atoms with Crippen molar-refractivity contribution in [3.05, 3.63) is 107 Å². The van der Waals surface area contributed by atoms with Gasteiger partial charge < -0.3 is 15.6 Å². The van der Waals surface area contributed by atoms with Crippen LogP contribution in [0.25, 0.3) is 16.6 Å². The van der Waals surface area contributed by atoms with Crippen LogP contribution in [0.2, 0.25) is 0 Å². The predicted octanol–water partition coefficient (Wildman–Crippen LogP) is 3.57. The number of hydrazine groups is 1. The number of nitrogens with two attached hydrogens (primary N) is 2. The fourth-order valence-corrected chi connectivity index (χ4v) is 6.34. The minimum atomic E-state index is -0.279. The smallest absolute Gasteiger partial charge is 0.271 e. The van der Waals surface area contributed by atoms with Gasteiger partial charge in [0.1, 0.15) is 11.5 Å². The lowest BCUT2D eigenvalue weighted by Crippen LogP contribution is -2.38. The van der Waals surface area contributed by atoms with Crippen LogP contribution in [0, 0.1) is 18.7 Å². The molecule has 6 rings (SSSR count). The molecule has 2 aliphatic rings. The summed E-state index contributed by atoms with van der Waals surface area (Å²) >= 11 is 0.